The zero-order valence-corrected chi connectivity index (χ0v) is 16.6. The molecular formula is C24H25N3O2. The molecule has 0 saturated carbocycles. The van der Waals surface area contributed by atoms with Crippen LogP contribution in [0.5, 0.6) is 0 Å². The second-order valence-electron chi connectivity index (χ2n) is 7.71. The second kappa shape index (κ2) is 8.53. The molecule has 0 bridgehead atoms. The van der Waals surface area contributed by atoms with E-state index in [1.807, 2.05) is 30.5 Å². The van der Waals surface area contributed by atoms with Gasteiger partial charge in [-0.05, 0) is 54.6 Å². The van der Waals surface area contributed by atoms with E-state index in [-0.39, 0.29) is 0 Å². The maximum Gasteiger partial charge on any atom is 0.336 e. The van der Waals surface area contributed by atoms with Gasteiger partial charge < -0.3 is 5.11 Å². The second-order valence-corrected chi connectivity index (χ2v) is 7.71. The van der Waals surface area contributed by atoms with E-state index in [4.69, 9.17) is 0 Å². The average molecular weight is 387 g/mol. The van der Waals surface area contributed by atoms with Crippen molar-refractivity contribution < 1.29 is 9.90 Å². The van der Waals surface area contributed by atoms with E-state index in [9.17, 15) is 9.90 Å². The first-order valence-electron chi connectivity index (χ1n) is 10.0. The molecular weight excluding hydrogens is 362 g/mol. The number of nitrogens with zero attached hydrogens (tertiary/aromatic N) is 3. The number of carbonyl (C=O) groups is 1. The van der Waals surface area contributed by atoms with Crippen molar-refractivity contribution in [2.45, 2.75) is 32.2 Å². The number of hydrogen-bond acceptors (Lipinski definition) is 4. The molecule has 5 nitrogen and oxygen atoms in total. The molecule has 1 saturated heterocycles. The molecule has 148 valence electrons. The monoisotopic (exact) mass is 387 g/mol. The Kier molecular flexibility index (Phi) is 5.67. The van der Waals surface area contributed by atoms with Crippen molar-refractivity contribution in [1.29, 1.82) is 0 Å². The van der Waals surface area contributed by atoms with Crippen molar-refractivity contribution in [2.24, 2.45) is 0 Å². The molecule has 1 aromatic heterocycles. The SMILES string of the molecule is Cc1cncnc1C1CCCN(Cc2ccc(-c3ccccc3C(=O)O)cc2)C1. The van der Waals surface area contributed by atoms with Crippen molar-refractivity contribution in [3.05, 3.63) is 83.4 Å². The van der Waals surface area contributed by atoms with Gasteiger partial charge in [-0.25, -0.2) is 14.8 Å². The summed E-state index contributed by atoms with van der Waals surface area (Å²) >= 11 is 0. The molecule has 3 aromatic rings. The lowest BCUT2D eigenvalue weighted by molar-refractivity contribution is 0.0697. The zero-order chi connectivity index (χ0) is 20.2. The summed E-state index contributed by atoms with van der Waals surface area (Å²) in [6, 6.07) is 15.4. The highest BCUT2D eigenvalue weighted by molar-refractivity contribution is 5.95. The van der Waals surface area contributed by atoms with Crippen molar-refractivity contribution in [3.63, 3.8) is 0 Å². The lowest BCUT2D eigenvalue weighted by Gasteiger charge is -2.33. The predicted molar refractivity (Wildman–Crippen MR) is 113 cm³/mol. The van der Waals surface area contributed by atoms with Crippen LogP contribution in [-0.4, -0.2) is 39.0 Å². The van der Waals surface area contributed by atoms with E-state index in [2.05, 4.69) is 33.9 Å². The van der Waals surface area contributed by atoms with E-state index < -0.39 is 5.97 Å². The van der Waals surface area contributed by atoms with E-state index in [1.54, 1.807) is 18.5 Å². The third-order valence-electron chi connectivity index (χ3n) is 5.66. The molecule has 1 aliphatic rings. The summed E-state index contributed by atoms with van der Waals surface area (Å²) in [6.45, 7) is 5.06. The molecule has 1 aliphatic heterocycles. The number of piperidine rings is 1. The molecule has 1 unspecified atom stereocenters. The van der Waals surface area contributed by atoms with Gasteiger partial charge in [-0.15, -0.1) is 0 Å². The molecule has 2 heterocycles. The predicted octanol–water partition coefficient (Wildman–Crippen LogP) is 4.53. The lowest BCUT2D eigenvalue weighted by atomic mass is 9.92. The van der Waals surface area contributed by atoms with Gasteiger partial charge in [0.25, 0.3) is 0 Å². The summed E-state index contributed by atoms with van der Waals surface area (Å²) in [4.78, 5) is 22.6. The topological polar surface area (TPSA) is 66.3 Å². The molecule has 29 heavy (non-hydrogen) atoms. The van der Waals surface area contributed by atoms with Crippen molar-refractivity contribution >= 4 is 5.97 Å². The summed E-state index contributed by atoms with van der Waals surface area (Å²) in [7, 11) is 0. The fourth-order valence-electron chi connectivity index (χ4n) is 4.23. The molecule has 1 atom stereocenters. The van der Waals surface area contributed by atoms with Crippen LogP contribution in [0.2, 0.25) is 0 Å². The Morgan fingerprint density at radius 1 is 1.17 bits per heavy atom. The first kappa shape index (κ1) is 19.3. The van der Waals surface area contributed by atoms with Gasteiger partial charge in [0.05, 0.1) is 11.3 Å². The normalized spacial score (nSPS) is 17.2. The minimum atomic E-state index is -0.899. The van der Waals surface area contributed by atoms with Crippen LogP contribution in [-0.2, 0) is 6.54 Å². The summed E-state index contributed by atoms with van der Waals surface area (Å²) in [5.74, 6) is -0.447. The van der Waals surface area contributed by atoms with E-state index >= 15 is 0 Å². The Morgan fingerprint density at radius 2 is 1.97 bits per heavy atom. The number of aromatic carboxylic acids is 1. The Balaban J connectivity index is 1.47. The number of aryl methyl sites for hydroxylation is 1. The highest BCUT2D eigenvalue weighted by Gasteiger charge is 2.23. The number of carboxylic acid groups (broad SMARTS) is 1. The fraction of sp³-hybridized carbons (Fsp3) is 0.292. The van der Waals surface area contributed by atoms with E-state index in [0.717, 1.165) is 37.2 Å². The van der Waals surface area contributed by atoms with E-state index in [1.165, 1.54) is 23.2 Å². The van der Waals surface area contributed by atoms with Gasteiger partial charge in [-0.2, -0.15) is 0 Å². The Hall–Kier alpha value is -3.05. The third-order valence-corrected chi connectivity index (χ3v) is 5.66. The largest absolute Gasteiger partial charge is 0.478 e. The van der Waals surface area contributed by atoms with Gasteiger partial charge in [0, 0.05) is 25.2 Å². The van der Waals surface area contributed by atoms with Gasteiger partial charge in [-0.3, -0.25) is 4.90 Å². The fourth-order valence-corrected chi connectivity index (χ4v) is 4.23. The molecule has 0 radical (unpaired) electrons. The zero-order valence-electron chi connectivity index (χ0n) is 16.6. The minimum absolute atomic E-state index is 0.333. The van der Waals surface area contributed by atoms with Gasteiger partial charge in [-0.1, -0.05) is 42.5 Å². The van der Waals surface area contributed by atoms with Crippen LogP contribution in [0.15, 0.2) is 61.1 Å². The summed E-state index contributed by atoms with van der Waals surface area (Å²) in [6.07, 6.45) is 5.88. The average Bonchev–Trinajstić information content (AvgIpc) is 2.75. The van der Waals surface area contributed by atoms with Crippen LogP contribution in [0, 0.1) is 6.92 Å². The molecule has 5 heteroatoms. The van der Waals surface area contributed by atoms with Crippen LogP contribution in [0.4, 0.5) is 0 Å². The molecule has 2 aromatic carbocycles. The third kappa shape index (κ3) is 4.35. The number of hydrogen-bond donors (Lipinski definition) is 1. The number of carboxylic acids is 1. The van der Waals surface area contributed by atoms with E-state index in [0.29, 0.717) is 11.5 Å². The van der Waals surface area contributed by atoms with Gasteiger partial charge >= 0.3 is 5.97 Å². The van der Waals surface area contributed by atoms with Crippen molar-refractivity contribution in [1.82, 2.24) is 14.9 Å². The Morgan fingerprint density at radius 3 is 2.72 bits per heavy atom. The van der Waals surface area contributed by atoms with Crippen LogP contribution < -0.4 is 0 Å². The molecule has 0 spiro atoms. The lowest BCUT2D eigenvalue weighted by Crippen LogP contribution is -2.34. The first-order chi connectivity index (χ1) is 14.1. The molecule has 1 fully saturated rings. The highest BCUT2D eigenvalue weighted by atomic mass is 16.4. The quantitative estimate of drug-likeness (QED) is 0.697. The van der Waals surface area contributed by atoms with Crippen molar-refractivity contribution in [2.75, 3.05) is 13.1 Å². The highest BCUT2D eigenvalue weighted by Crippen LogP contribution is 2.29. The van der Waals surface area contributed by atoms with Crippen LogP contribution in [0.1, 0.15) is 45.9 Å². The molecule has 1 N–H and O–H groups in total. The van der Waals surface area contributed by atoms with Crippen LogP contribution in [0.25, 0.3) is 11.1 Å². The smallest absolute Gasteiger partial charge is 0.336 e. The first-order valence-corrected chi connectivity index (χ1v) is 10.0. The summed E-state index contributed by atoms with van der Waals surface area (Å²) in [5.41, 5.74) is 5.59. The van der Waals surface area contributed by atoms with Gasteiger partial charge in [0.15, 0.2) is 0 Å². The number of likely N-dealkylation sites (tertiary alicyclic amines) is 1. The van der Waals surface area contributed by atoms with Crippen LogP contribution in [0.3, 0.4) is 0 Å². The van der Waals surface area contributed by atoms with Gasteiger partial charge in [0.2, 0.25) is 0 Å². The number of aromatic nitrogens is 2. The Bertz CT molecular complexity index is 1000. The summed E-state index contributed by atoms with van der Waals surface area (Å²) < 4.78 is 0. The minimum Gasteiger partial charge on any atom is -0.478 e. The maximum atomic E-state index is 11.5. The van der Waals surface area contributed by atoms with Crippen molar-refractivity contribution in [3.8, 4) is 11.1 Å². The maximum absolute atomic E-state index is 11.5. The number of rotatable bonds is 5. The van der Waals surface area contributed by atoms with Crippen LogP contribution >= 0.6 is 0 Å². The number of benzene rings is 2. The Labute approximate surface area is 171 Å². The molecule has 0 aliphatic carbocycles. The summed E-state index contributed by atoms with van der Waals surface area (Å²) in [5, 5.41) is 9.42. The standard InChI is InChI=1S/C24H25N3O2/c1-17-13-25-16-26-23(17)20-5-4-12-27(15-20)14-18-8-10-19(11-9-18)21-6-2-3-7-22(21)24(28)29/h2-3,6-11,13,16,20H,4-5,12,14-15H2,1H3,(H,28,29). The molecule has 4 rings (SSSR count). The van der Waals surface area contributed by atoms with Gasteiger partial charge in [0.1, 0.15) is 6.33 Å². The molecule has 0 amide bonds.